The molecule has 2 aromatic heterocycles. The van der Waals surface area contributed by atoms with Crippen LogP contribution >= 0.6 is 0 Å². The summed E-state index contributed by atoms with van der Waals surface area (Å²) in [6, 6.07) is 4.56. The highest BCUT2D eigenvalue weighted by atomic mass is 16.2. The van der Waals surface area contributed by atoms with Gasteiger partial charge in [-0.3, -0.25) is 14.3 Å². The number of carbonyl (C=O) groups excluding carboxylic acids is 1. The molecule has 4 rings (SSSR count). The largest absolute Gasteiger partial charge is 0.334 e. The zero-order valence-electron chi connectivity index (χ0n) is 14.7. The minimum absolute atomic E-state index is 0.134. The highest BCUT2D eigenvalue weighted by Gasteiger charge is 2.39. The molecule has 6 heteroatoms. The molecule has 4 heterocycles. The Balaban J connectivity index is 1.57. The number of nitrogens with zero attached hydrogens (tertiary/aromatic N) is 5. The van der Waals surface area contributed by atoms with Crippen LogP contribution in [0.1, 0.15) is 43.0 Å². The number of rotatable bonds is 4. The van der Waals surface area contributed by atoms with Crippen molar-refractivity contribution in [2.75, 3.05) is 19.6 Å². The average molecular weight is 339 g/mol. The Morgan fingerprint density at radius 3 is 2.84 bits per heavy atom. The molecular weight excluding hydrogens is 314 g/mol. The minimum atomic E-state index is 0.134. The second-order valence-electron chi connectivity index (χ2n) is 6.92. The van der Waals surface area contributed by atoms with Gasteiger partial charge in [0.25, 0.3) is 5.91 Å². The Labute approximate surface area is 148 Å². The van der Waals surface area contributed by atoms with E-state index in [1.165, 1.54) is 19.4 Å². The third kappa shape index (κ3) is 3.06. The lowest BCUT2D eigenvalue weighted by Crippen LogP contribution is -2.48. The molecule has 0 saturated carbocycles. The van der Waals surface area contributed by atoms with Gasteiger partial charge in [-0.05, 0) is 50.9 Å². The van der Waals surface area contributed by atoms with Crippen molar-refractivity contribution in [2.45, 2.75) is 44.7 Å². The molecule has 132 valence electrons. The summed E-state index contributed by atoms with van der Waals surface area (Å²) in [6.07, 6.45) is 11.6. The van der Waals surface area contributed by atoms with E-state index >= 15 is 0 Å². The minimum Gasteiger partial charge on any atom is -0.334 e. The molecule has 25 heavy (non-hydrogen) atoms. The number of likely N-dealkylation sites (N-methyl/N-ethyl adjacent to an activating group) is 1. The maximum Gasteiger partial charge on any atom is 0.254 e. The summed E-state index contributed by atoms with van der Waals surface area (Å²) < 4.78 is 1.83. The van der Waals surface area contributed by atoms with E-state index in [0.29, 0.717) is 17.6 Å². The van der Waals surface area contributed by atoms with Crippen LogP contribution in [-0.4, -0.2) is 62.0 Å². The molecule has 0 N–H and O–H groups in total. The molecule has 2 atom stereocenters. The molecule has 2 saturated heterocycles. The molecular formula is C19H25N5O. The summed E-state index contributed by atoms with van der Waals surface area (Å²) in [5.74, 6) is 0.865. The highest BCUT2D eigenvalue weighted by Crippen LogP contribution is 2.31. The van der Waals surface area contributed by atoms with Gasteiger partial charge < -0.3 is 4.90 Å². The van der Waals surface area contributed by atoms with Crippen LogP contribution in [0.4, 0.5) is 0 Å². The van der Waals surface area contributed by atoms with Crippen molar-refractivity contribution >= 4 is 5.91 Å². The standard InChI is InChI=1S/C19H25N5O/c1-2-22-10-3-5-16(22)17-6-4-11-24(17)19(25)15-7-8-21-18(13-15)23-12-9-20-14-23/h7-9,12-14,16-17H,2-6,10-11H2,1H3/t16-,17-/m0/s1. The molecule has 0 unspecified atom stereocenters. The van der Waals surface area contributed by atoms with Gasteiger partial charge in [0.1, 0.15) is 12.1 Å². The Morgan fingerprint density at radius 2 is 2.04 bits per heavy atom. The van der Waals surface area contributed by atoms with Gasteiger partial charge in [-0.25, -0.2) is 9.97 Å². The fourth-order valence-electron chi connectivity index (χ4n) is 4.38. The third-order valence-electron chi connectivity index (χ3n) is 5.59. The number of pyridine rings is 1. The van der Waals surface area contributed by atoms with Crippen LogP contribution < -0.4 is 0 Å². The molecule has 0 bridgehead atoms. The third-order valence-corrected chi connectivity index (χ3v) is 5.59. The maximum absolute atomic E-state index is 13.2. The lowest BCUT2D eigenvalue weighted by atomic mass is 10.0. The van der Waals surface area contributed by atoms with E-state index < -0.39 is 0 Å². The van der Waals surface area contributed by atoms with Crippen LogP contribution in [-0.2, 0) is 0 Å². The smallest absolute Gasteiger partial charge is 0.254 e. The molecule has 6 nitrogen and oxygen atoms in total. The van der Waals surface area contributed by atoms with Crippen molar-refractivity contribution in [3.63, 3.8) is 0 Å². The van der Waals surface area contributed by atoms with Gasteiger partial charge in [-0.1, -0.05) is 6.92 Å². The molecule has 2 fully saturated rings. The number of likely N-dealkylation sites (tertiary alicyclic amines) is 2. The fourth-order valence-corrected chi connectivity index (χ4v) is 4.38. The van der Waals surface area contributed by atoms with E-state index in [9.17, 15) is 4.79 Å². The maximum atomic E-state index is 13.2. The zero-order chi connectivity index (χ0) is 17.2. The average Bonchev–Trinajstić information content (AvgIpc) is 3.41. The predicted molar refractivity (Wildman–Crippen MR) is 95.7 cm³/mol. The molecule has 1 amide bonds. The van der Waals surface area contributed by atoms with Crippen molar-refractivity contribution in [2.24, 2.45) is 0 Å². The fraction of sp³-hybridized carbons (Fsp3) is 0.526. The Morgan fingerprint density at radius 1 is 1.20 bits per heavy atom. The molecule has 2 aliphatic heterocycles. The summed E-state index contributed by atoms with van der Waals surface area (Å²) in [5.41, 5.74) is 0.714. The monoisotopic (exact) mass is 339 g/mol. The SMILES string of the molecule is CCN1CCC[C@H]1[C@@H]1CCCN1C(=O)c1ccnc(-n2ccnc2)c1. The van der Waals surface area contributed by atoms with Gasteiger partial charge in [0.05, 0.1) is 0 Å². The quantitative estimate of drug-likeness (QED) is 0.858. The van der Waals surface area contributed by atoms with Crippen LogP contribution in [0.25, 0.3) is 5.82 Å². The lowest BCUT2D eigenvalue weighted by molar-refractivity contribution is 0.0650. The second-order valence-corrected chi connectivity index (χ2v) is 6.92. The number of aromatic nitrogens is 3. The number of hydrogen-bond acceptors (Lipinski definition) is 4. The first-order valence-electron chi connectivity index (χ1n) is 9.27. The van der Waals surface area contributed by atoms with Crippen LogP contribution in [0.3, 0.4) is 0 Å². The topological polar surface area (TPSA) is 54.3 Å². The molecule has 2 aliphatic rings. The van der Waals surface area contributed by atoms with Crippen molar-refractivity contribution in [1.29, 1.82) is 0 Å². The van der Waals surface area contributed by atoms with Gasteiger partial charge in [0.2, 0.25) is 0 Å². The number of hydrogen-bond donors (Lipinski definition) is 0. The summed E-state index contributed by atoms with van der Waals surface area (Å²) in [4.78, 5) is 26.2. The molecule has 0 radical (unpaired) electrons. The van der Waals surface area contributed by atoms with E-state index in [1.807, 2.05) is 22.9 Å². The van der Waals surface area contributed by atoms with E-state index in [-0.39, 0.29) is 5.91 Å². The summed E-state index contributed by atoms with van der Waals surface area (Å²) in [6.45, 7) is 5.32. The lowest BCUT2D eigenvalue weighted by Gasteiger charge is -2.34. The number of amides is 1. The van der Waals surface area contributed by atoms with Gasteiger partial charge in [-0.15, -0.1) is 0 Å². The van der Waals surface area contributed by atoms with E-state index in [0.717, 1.165) is 31.7 Å². The van der Waals surface area contributed by atoms with Crippen LogP contribution in [0, 0.1) is 0 Å². The van der Waals surface area contributed by atoms with Gasteiger partial charge in [0, 0.05) is 42.8 Å². The predicted octanol–water partition coefficient (Wildman–Crippen LogP) is 2.36. The Bertz CT molecular complexity index is 729. The first-order valence-corrected chi connectivity index (χ1v) is 9.27. The highest BCUT2D eigenvalue weighted by molar-refractivity contribution is 5.95. The van der Waals surface area contributed by atoms with Crippen LogP contribution in [0.5, 0.6) is 0 Å². The van der Waals surface area contributed by atoms with Gasteiger partial charge in [0.15, 0.2) is 0 Å². The zero-order valence-corrected chi connectivity index (χ0v) is 14.7. The molecule has 2 aromatic rings. The van der Waals surface area contributed by atoms with Crippen molar-refractivity contribution in [3.8, 4) is 5.82 Å². The summed E-state index contributed by atoms with van der Waals surface area (Å²) in [7, 11) is 0. The first kappa shape index (κ1) is 16.3. The summed E-state index contributed by atoms with van der Waals surface area (Å²) >= 11 is 0. The second kappa shape index (κ2) is 6.96. The Kier molecular flexibility index (Phi) is 4.53. The van der Waals surface area contributed by atoms with Gasteiger partial charge >= 0.3 is 0 Å². The molecule has 0 spiro atoms. The van der Waals surface area contributed by atoms with Crippen LogP contribution in [0.15, 0.2) is 37.1 Å². The number of imidazole rings is 1. The van der Waals surface area contributed by atoms with Crippen LogP contribution in [0.2, 0.25) is 0 Å². The molecule has 0 aromatic carbocycles. The van der Waals surface area contributed by atoms with E-state index in [1.54, 1.807) is 18.7 Å². The first-order chi connectivity index (χ1) is 12.3. The van der Waals surface area contributed by atoms with Crippen molar-refractivity contribution in [3.05, 3.63) is 42.6 Å². The van der Waals surface area contributed by atoms with E-state index in [4.69, 9.17) is 0 Å². The Hall–Kier alpha value is -2.21. The normalized spacial score (nSPS) is 24.1. The van der Waals surface area contributed by atoms with Crippen molar-refractivity contribution in [1.82, 2.24) is 24.3 Å². The number of carbonyl (C=O) groups is 1. The summed E-state index contributed by atoms with van der Waals surface area (Å²) in [5, 5.41) is 0. The van der Waals surface area contributed by atoms with Gasteiger partial charge in [-0.2, -0.15) is 0 Å². The molecule has 0 aliphatic carbocycles. The van der Waals surface area contributed by atoms with Crippen molar-refractivity contribution < 1.29 is 4.79 Å². The van der Waals surface area contributed by atoms with E-state index in [2.05, 4.69) is 26.7 Å².